The smallest absolute Gasteiger partial charge is 0.0644 e. The summed E-state index contributed by atoms with van der Waals surface area (Å²) in [5.41, 5.74) is 4.06. The minimum Gasteiger partial charge on any atom is -0.394 e. The third-order valence-electron chi connectivity index (χ3n) is 3.82. The molecular weight excluding hydrogens is 302 g/mol. The Labute approximate surface area is 135 Å². The van der Waals surface area contributed by atoms with Crippen molar-refractivity contribution in [3.05, 3.63) is 51.8 Å². The number of aliphatic hydroxyl groups excluding tert-OH is 2. The molecule has 1 atom stereocenters. The lowest BCUT2D eigenvalue weighted by atomic mass is 10.1. The first kappa shape index (κ1) is 17.0. The first-order valence-corrected chi connectivity index (χ1v) is 7.68. The molecule has 0 aliphatic rings. The Balaban J connectivity index is 2.09. The van der Waals surface area contributed by atoms with Crippen LogP contribution in [0.4, 0.5) is 0 Å². The highest BCUT2D eigenvalue weighted by atomic mass is 35.5. The maximum atomic E-state index is 9.61. The van der Waals surface area contributed by atoms with Gasteiger partial charge in [-0.3, -0.25) is 4.68 Å². The predicted molar refractivity (Wildman–Crippen MR) is 86.9 cm³/mol. The molecule has 1 aromatic heterocycles. The highest BCUT2D eigenvalue weighted by molar-refractivity contribution is 6.30. The molecule has 0 aliphatic carbocycles. The molecule has 0 bridgehead atoms. The van der Waals surface area contributed by atoms with E-state index in [0.717, 1.165) is 22.5 Å². The summed E-state index contributed by atoms with van der Waals surface area (Å²) in [6, 6.07) is 7.29. The van der Waals surface area contributed by atoms with Gasteiger partial charge < -0.3 is 15.5 Å². The van der Waals surface area contributed by atoms with Crippen LogP contribution in [0.25, 0.3) is 0 Å². The van der Waals surface area contributed by atoms with Gasteiger partial charge in [-0.05, 0) is 31.5 Å². The topological polar surface area (TPSA) is 70.3 Å². The van der Waals surface area contributed by atoms with Gasteiger partial charge in [0, 0.05) is 22.8 Å². The zero-order valence-corrected chi connectivity index (χ0v) is 13.6. The van der Waals surface area contributed by atoms with Crippen molar-refractivity contribution in [3.63, 3.8) is 0 Å². The summed E-state index contributed by atoms with van der Waals surface area (Å²) < 4.78 is 1.81. The Morgan fingerprint density at radius 2 is 1.91 bits per heavy atom. The predicted octanol–water partition coefficient (Wildman–Crippen LogP) is 1.97. The Bertz CT molecular complexity index is 611. The van der Waals surface area contributed by atoms with Crippen LogP contribution in [0.2, 0.25) is 5.02 Å². The van der Waals surface area contributed by atoms with Crippen LogP contribution in [0.15, 0.2) is 24.3 Å². The molecule has 5 nitrogen and oxygen atoms in total. The van der Waals surface area contributed by atoms with Crippen molar-refractivity contribution < 1.29 is 10.2 Å². The van der Waals surface area contributed by atoms with E-state index in [1.807, 2.05) is 42.8 Å². The van der Waals surface area contributed by atoms with Gasteiger partial charge in [-0.1, -0.05) is 23.7 Å². The van der Waals surface area contributed by atoms with Crippen LogP contribution >= 0.6 is 11.6 Å². The van der Waals surface area contributed by atoms with E-state index in [0.29, 0.717) is 18.1 Å². The van der Waals surface area contributed by atoms with Crippen LogP contribution in [0.1, 0.15) is 28.6 Å². The van der Waals surface area contributed by atoms with Crippen LogP contribution in [0.3, 0.4) is 0 Å². The maximum Gasteiger partial charge on any atom is 0.0644 e. The zero-order valence-electron chi connectivity index (χ0n) is 12.9. The lowest BCUT2D eigenvalue weighted by molar-refractivity contribution is 0.243. The minimum atomic E-state index is -0.155. The highest BCUT2D eigenvalue weighted by Gasteiger charge is 2.14. The van der Waals surface area contributed by atoms with E-state index in [2.05, 4.69) is 10.4 Å². The van der Waals surface area contributed by atoms with Gasteiger partial charge in [-0.25, -0.2) is 0 Å². The summed E-state index contributed by atoms with van der Waals surface area (Å²) in [7, 11) is 0. The van der Waals surface area contributed by atoms with Crippen LogP contribution in [-0.2, 0) is 13.1 Å². The molecule has 0 spiro atoms. The normalized spacial score (nSPS) is 12.6. The Kier molecular flexibility index (Phi) is 5.97. The molecule has 0 saturated carbocycles. The van der Waals surface area contributed by atoms with Crippen molar-refractivity contribution in [2.24, 2.45) is 0 Å². The average molecular weight is 324 g/mol. The van der Waals surface area contributed by atoms with Gasteiger partial charge in [-0.2, -0.15) is 5.10 Å². The van der Waals surface area contributed by atoms with Crippen molar-refractivity contribution in [1.82, 2.24) is 15.1 Å². The van der Waals surface area contributed by atoms with E-state index in [1.165, 1.54) is 0 Å². The Morgan fingerprint density at radius 1 is 1.23 bits per heavy atom. The van der Waals surface area contributed by atoms with Gasteiger partial charge in [0.2, 0.25) is 0 Å². The number of hydrogen-bond acceptors (Lipinski definition) is 4. The molecule has 0 amide bonds. The van der Waals surface area contributed by atoms with E-state index in [4.69, 9.17) is 16.7 Å². The molecule has 22 heavy (non-hydrogen) atoms. The van der Waals surface area contributed by atoms with Gasteiger partial charge in [-0.15, -0.1) is 0 Å². The number of aliphatic hydroxyl groups is 2. The number of hydrogen-bond donors (Lipinski definition) is 3. The fourth-order valence-corrected chi connectivity index (χ4v) is 2.64. The van der Waals surface area contributed by atoms with Crippen LogP contribution in [0, 0.1) is 13.8 Å². The van der Waals surface area contributed by atoms with Gasteiger partial charge in [0.1, 0.15) is 0 Å². The van der Waals surface area contributed by atoms with E-state index >= 15 is 0 Å². The van der Waals surface area contributed by atoms with E-state index in [-0.39, 0.29) is 19.3 Å². The molecule has 0 saturated heterocycles. The van der Waals surface area contributed by atoms with Crippen molar-refractivity contribution in [1.29, 1.82) is 0 Å². The molecule has 0 fully saturated rings. The van der Waals surface area contributed by atoms with E-state index in [9.17, 15) is 5.11 Å². The average Bonchev–Trinajstić information content (AvgIpc) is 2.77. The SMILES string of the molecule is Cc1nn(CCO)c(C)c1CNC(CO)c1ccc(Cl)cc1. The molecule has 2 aromatic rings. The molecule has 1 heterocycles. The lowest BCUT2D eigenvalue weighted by Crippen LogP contribution is -2.24. The Morgan fingerprint density at radius 3 is 2.50 bits per heavy atom. The van der Waals surface area contributed by atoms with Gasteiger partial charge in [0.25, 0.3) is 0 Å². The largest absolute Gasteiger partial charge is 0.394 e. The molecule has 120 valence electrons. The zero-order chi connectivity index (χ0) is 16.1. The number of aromatic nitrogens is 2. The van der Waals surface area contributed by atoms with Crippen molar-refractivity contribution in [2.45, 2.75) is 33.0 Å². The summed E-state index contributed by atoms with van der Waals surface area (Å²) in [5.74, 6) is 0. The second-order valence-corrected chi connectivity index (χ2v) is 5.70. The number of halogens is 1. The molecule has 1 unspecified atom stereocenters. The number of aryl methyl sites for hydroxylation is 1. The second-order valence-electron chi connectivity index (χ2n) is 5.26. The number of rotatable bonds is 7. The molecule has 2 rings (SSSR count). The molecular formula is C16H22ClN3O2. The van der Waals surface area contributed by atoms with E-state index in [1.54, 1.807) is 0 Å². The number of benzene rings is 1. The third-order valence-corrected chi connectivity index (χ3v) is 4.08. The monoisotopic (exact) mass is 323 g/mol. The summed E-state index contributed by atoms with van der Waals surface area (Å²) in [6.45, 7) is 5.12. The molecule has 0 aliphatic heterocycles. The molecule has 3 N–H and O–H groups in total. The van der Waals surface area contributed by atoms with Crippen LogP contribution in [0.5, 0.6) is 0 Å². The molecule has 0 radical (unpaired) electrons. The summed E-state index contributed by atoms with van der Waals surface area (Å²) in [6.07, 6.45) is 0. The van der Waals surface area contributed by atoms with Crippen molar-refractivity contribution in [2.75, 3.05) is 13.2 Å². The maximum absolute atomic E-state index is 9.61. The minimum absolute atomic E-state index is 0.00447. The van der Waals surface area contributed by atoms with Crippen LogP contribution < -0.4 is 5.32 Å². The molecule has 1 aromatic carbocycles. The quantitative estimate of drug-likeness (QED) is 0.728. The molecule has 6 heteroatoms. The fourth-order valence-electron chi connectivity index (χ4n) is 2.51. The third kappa shape index (κ3) is 3.87. The summed E-state index contributed by atoms with van der Waals surface area (Å²) in [5, 5.41) is 27.1. The van der Waals surface area contributed by atoms with Crippen molar-refractivity contribution >= 4 is 11.6 Å². The fraction of sp³-hybridized carbons (Fsp3) is 0.438. The van der Waals surface area contributed by atoms with Gasteiger partial charge >= 0.3 is 0 Å². The van der Waals surface area contributed by atoms with E-state index < -0.39 is 0 Å². The standard InChI is InChI=1S/C16H22ClN3O2/c1-11-15(12(2)20(19-11)7-8-21)9-18-16(10-22)13-3-5-14(17)6-4-13/h3-6,16,18,21-22H,7-10H2,1-2H3. The first-order valence-electron chi connectivity index (χ1n) is 7.30. The number of nitrogens with zero attached hydrogens (tertiary/aromatic N) is 2. The number of nitrogens with one attached hydrogen (secondary N) is 1. The summed E-state index contributed by atoms with van der Waals surface area (Å²) >= 11 is 5.89. The van der Waals surface area contributed by atoms with Gasteiger partial charge in [0.05, 0.1) is 31.5 Å². The van der Waals surface area contributed by atoms with Crippen LogP contribution in [-0.4, -0.2) is 33.2 Å². The highest BCUT2D eigenvalue weighted by Crippen LogP contribution is 2.18. The lowest BCUT2D eigenvalue weighted by Gasteiger charge is -2.17. The van der Waals surface area contributed by atoms with Crippen molar-refractivity contribution in [3.8, 4) is 0 Å². The first-order chi connectivity index (χ1) is 10.6. The second kappa shape index (κ2) is 7.74. The van der Waals surface area contributed by atoms with Gasteiger partial charge in [0.15, 0.2) is 0 Å². The summed E-state index contributed by atoms with van der Waals surface area (Å²) in [4.78, 5) is 0. The Hall–Kier alpha value is -1.40.